The van der Waals surface area contributed by atoms with Crippen molar-refractivity contribution < 1.29 is 8.42 Å². The molecule has 0 fully saturated rings. The number of hydrogen-bond acceptors (Lipinski definition) is 3. The smallest absolute Gasteiger partial charge is 0.211 e. The van der Waals surface area contributed by atoms with Crippen LogP contribution in [0.5, 0.6) is 0 Å². The summed E-state index contributed by atoms with van der Waals surface area (Å²) in [6.45, 7) is 2.37. The number of hydrogen-bond donors (Lipinski definition) is 1. The molecule has 0 aliphatic rings. The van der Waals surface area contributed by atoms with Crippen LogP contribution >= 0.6 is 11.3 Å². The van der Waals surface area contributed by atoms with Crippen LogP contribution in [0, 0.1) is 0 Å². The molecular weight excluding hydrogens is 290 g/mol. The maximum atomic E-state index is 11.7. The second kappa shape index (κ2) is 7.02. The summed E-state index contributed by atoms with van der Waals surface area (Å²) >= 11 is 1.62. The Morgan fingerprint density at radius 3 is 2.55 bits per heavy atom. The molecule has 0 spiro atoms. The predicted octanol–water partition coefficient (Wildman–Crippen LogP) is 3.63. The molecule has 1 aromatic carbocycles. The first kappa shape index (κ1) is 15.2. The molecule has 0 unspecified atom stereocenters. The van der Waals surface area contributed by atoms with E-state index in [1.165, 1.54) is 0 Å². The van der Waals surface area contributed by atoms with Gasteiger partial charge in [-0.15, -0.1) is 11.3 Å². The van der Waals surface area contributed by atoms with E-state index in [2.05, 4.69) is 16.9 Å². The highest BCUT2D eigenvalue weighted by Crippen LogP contribution is 2.27. The van der Waals surface area contributed by atoms with Gasteiger partial charge in [-0.1, -0.05) is 43.7 Å². The Labute approximate surface area is 124 Å². The van der Waals surface area contributed by atoms with Gasteiger partial charge in [-0.05, 0) is 24.1 Å². The third kappa shape index (κ3) is 4.44. The Kier molecular flexibility index (Phi) is 5.34. The highest BCUT2D eigenvalue weighted by atomic mass is 32.2. The molecule has 0 aliphatic carbocycles. The van der Waals surface area contributed by atoms with Crippen molar-refractivity contribution >= 4 is 21.4 Å². The first-order chi connectivity index (χ1) is 9.61. The van der Waals surface area contributed by atoms with Crippen LogP contribution in [0.2, 0.25) is 0 Å². The number of rotatable bonds is 7. The van der Waals surface area contributed by atoms with Crippen molar-refractivity contribution in [2.24, 2.45) is 0 Å². The van der Waals surface area contributed by atoms with E-state index < -0.39 is 10.0 Å². The molecule has 2 aromatic rings. The van der Waals surface area contributed by atoms with Crippen LogP contribution < -0.4 is 4.72 Å². The maximum absolute atomic E-state index is 11.7. The molecule has 0 bridgehead atoms. The molecule has 0 radical (unpaired) electrons. The minimum absolute atomic E-state index is 0.209. The quantitative estimate of drug-likeness (QED) is 0.849. The first-order valence-electron chi connectivity index (χ1n) is 6.72. The number of nitrogens with one attached hydrogen (secondary N) is 1. The van der Waals surface area contributed by atoms with E-state index >= 15 is 0 Å². The highest BCUT2D eigenvalue weighted by molar-refractivity contribution is 7.89. The zero-order chi connectivity index (χ0) is 14.4. The number of benzene rings is 1. The van der Waals surface area contributed by atoms with Crippen molar-refractivity contribution in [3.05, 3.63) is 47.3 Å². The van der Waals surface area contributed by atoms with E-state index in [0.29, 0.717) is 13.0 Å². The molecule has 0 aliphatic heterocycles. The summed E-state index contributed by atoms with van der Waals surface area (Å²) < 4.78 is 26.1. The Balaban J connectivity index is 1.97. The van der Waals surface area contributed by atoms with Crippen molar-refractivity contribution in [3.8, 4) is 10.4 Å². The molecule has 1 N–H and O–H groups in total. The minimum atomic E-state index is -3.14. The third-order valence-corrected chi connectivity index (χ3v) is 5.50. The molecule has 3 nitrogen and oxygen atoms in total. The van der Waals surface area contributed by atoms with Crippen LogP contribution in [0.1, 0.15) is 24.6 Å². The van der Waals surface area contributed by atoms with Crippen LogP contribution in [-0.2, 0) is 16.6 Å². The Morgan fingerprint density at radius 1 is 1.10 bits per heavy atom. The van der Waals surface area contributed by atoms with Gasteiger partial charge in [0.2, 0.25) is 10.0 Å². The number of sulfonamides is 1. The van der Waals surface area contributed by atoms with Crippen LogP contribution in [0.15, 0.2) is 42.5 Å². The second-order valence-corrected chi connectivity index (χ2v) is 7.72. The molecule has 0 saturated heterocycles. The molecule has 0 saturated carbocycles. The molecule has 1 heterocycles. The van der Waals surface area contributed by atoms with E-state index in [-0.39, 0.29) is 5.75 Å². The van der Waals surface area contributed by atoms with Crippen LogP contribution in [-0.4, -0.2) is 14.2 Å². The van der Waals surface area contributed by atoms with E-state index in [0.717, 1.165) is 21.7 Å². The molecule has 5 heteroatoms. The first-order valence-corrected chi connectivity index (χ1v) is 9.19. The topological polar surface area (TPSA) is 46.2 Å². The fraction of sp³-hybridized carbons (Fsp3) is 0.333. The summed E-state index contributed by atoms with van der Waals surface area (Å²) in [6.07, 6.45) is 1.59. The fourth-order valence-electron chi connectivity index (χ4n) is 1.82. The minimum Gasteiger partial charge on any atom is -0.212 e. The monoisotopic (exact) mass is 309 g/mol. The van der Waals surface area contributed by atoms with Crippen molar-refractivity contribution in [1.29, 1.82) is 0 Å². The molecule has 1 aromatic heterocycles. The number of unbranched alkanes of at least 4 members (excludes halogenated alkanes) is 1. The normalized spacial score (nSPS) is 11.7. The van der Waals surface area contributed by atoms with Crippen molar-refractivity contribution in [3.63, 3.8) is 0 Å². The molecule has 108 valence electrons. The van der Waals surface area contributed by atoms with Gasteiger partial charge < -0.3 is 0 Å². The van der Waals surface area contributed by atoms with Crippen molar-refractivity contribution in [2.45, 2.75) is 26.3 Å². The van der Waals surface area contributed by atoms with E-state index in [1.54, 1.807) is 11.3 Å². The predicted molar refractivity (Wildman–Crippen MR) is 85.3 cm³/mol. The van der Waals surface area contributed by atoms with Gasteiger partial charge >= 0.3 is 0 Å². The summed E-state index contributed by atoms with van der Waals surface area (Å²) in [5.41, 5.74) is 1.16. The summed E-state index contributed by atoms with van der Waals surface area (Å²) in [4.78, 5) is 2.19. The molecule has 2 rings (SSSR count). The molecule has 0 atom stereocenters. The summed E-state index contributed by atoms with van der Waals surface area (Å²) in [6, 6.07) is 14.1. The Hall–Kier alpha value is -1.17. The van der Waals surface area contributed by atoms with Gasteiger partial charge in [-0.25, -0.2) is 13.1 Å². The third-order valence-electron chi connectivity index (χ3n) is 2.95. The lowest BCUT2D eigenvalue weighted by Gasteiger charge is -2.04. The lowest BCUT2D eigenvalue weighted by atomic mass is 10.2. The average molecular weight is 309 g/mol. The molecule has 0 amide bonds. The van der Waals surface area contributed by atoms with Crippen LogP contribution in [0.3, 0.4) is 0 Å². The van der Waals surface area contributed by atoms with Gasteiger partial charge in [0.1, 0.15) is 0 Å². The lowest BCUT2D eigenvalue weighted by Crippen LogP contribution is -2.25. The van der Waals surface area contributed by atoms with Gasteiger partial charge in [-0.2, -0.15) is 0 Å². The fourth-order valence-corrected chi connectivity index (χ4v) is 4.05. The van der Waals surface area contributed by atoms with Crippen LogP contribution in [0.25, 0.3) is 10.4 Å². The van der Waals surface area contributed by atoms with E-state index in [9.17, 15) is 8.42 Å². The number of thiophene rings is 1. The van der Waals surface area contributed by atoms with E-state index in [1.807, 2.05) is 37.3 Å². The zero-order valence-electron chi connectivity index (χ0n) is 11.5. The van der Waals surface area contributed by atoms with Crippen molar-refractivity contribution in [1.82, 2.24) is 4.72 Å². The average Bonchev–Trinajstić information content (AvgIpc) is 2.93. The standard InChI is InChI=1S/C15H19NO2S2/c1-2-3-11-20(17,18)16-12-14-9-10-15(19-14)13-7-5-4-6-8-13/h4-10,16H,2-3,11-12H2,1H3. The van der Waals surface area contributed by atoms with E-state index in [4.69, 9.17) is 0 Å². The van der Waals surface area contributed by atoms with Crippen molar-refractivity contribution in [2.75, 3.05) is 5.75 Å². The maximum Gasteiger partial charge on any atom is 0.211 e. The lowest BCUT2D eigenvalue weighted by molar-refractivity contribution is 0.578. The molecular formula is C15H19NO2S2. The Morgan fingerprint density at radius 2 is 1.85 bits per heavy atom. The highest BCUT2D eigenvalue weighted by Gasteiger charge is 2.10. The van der Waals surface area contributed by atoms with Gasteiger partial charge in [0.05, 0.1) is 5.75 Å². The second-order valence-electron chi connectivity index (χ2n) is 4.63. The SMILES string of the molecule is CCCCS(=O)(=O)NCc1ccc(-c2ccccc2)s1. The molecule has 20 heavy (non-hydrogen) atoms. The largest absolute Gasteiger partial charge is 0.212 e. The van der Waals surface area contributed by atoms with Gasteiger partial charge in [0.15, 0.2) is 0 Å². The summed E-state index contributed by atoms with van der Waals surface area (Å²) in [7, 11) is -3.14. The summed E-state index contributed by atoms with van der Waals surface area (Å²) in [5.74, 6) is 0.209. The van der Waals surface area contributed by atoms with Gasteiger partial charge in [-0.3, -0.25) is 0 Å². The van der Waals surface area contributed by atoms with Crippen LogP contribution in [0.4, 0.5) is 0 Å². The Bertz CT molecular complexity index is 633. The summed E-state index contributed by atoms with van der Waals surface area (Å²) in [5, 5.41) is 0. The zero-order valence-corrected chi connectivity index (χ0v) is 13.1. The van der Waals surface area contributed by atoms with Gasteiger partial charge in [0.25, 0.3) is 0 Å². The van der Waals surface area contributed by atoms with Gasteiger partial charge in [0, 0.05) is 16.3 Å².